The van der Waals surface area contributed by atoms with Crippen LogP contribution in [-0.2, 0) is 4.79 Å². The van der Waals surface area contributed by atoms with Crippen molar-refractivity contribution in [2.75, 3.05) is 0 Å². The van der Waals surface area contributed by atoms with E-state index in [1.807, 2.05) is 4.08 Å². The second-order valence-corrected chi connectivity index (χ2v) is 7.12. The lowest BCUT2D eigenvalue weighted by atomic mass is 9.64. The molecule has 2 heteroatoms. The van der Waals surface area contributed by atoms with Crippen LogP contribution >= 0.6 is 22.6 Å². The lowest BCUT2D eigenvalue weighted by Crippen LogP contribution is -2.30. The molecule has 108 valence electrons. The van der Waals surface area contributed by atoms with Crippen LogP contribution in [0.25, 0.3) is 0 Å². The molecule has 2 aliphatic carbocycles. The lowest BCUT2D eigenvalue weighted by molar-refractivity contribution is -0.114. The van der Waals surface area contributed by atoms with E-state index in [4.69, 9.17) is 0 Å². The number of unbranched alkanes of at least 4 members (excludes halogenated alkanes) is 1. The monoisotopic (exact) mass is 374 g/mol. The lowest BCUT2D eigenvalue weighted by Gasteiger charge is -2.41. The van der Waals surface area contributed by atoms with Gasteiger partial charge in [-0.2, -0.15) is 0 Å². The van der Waals surface area contributed by atoms with Gasteiger partial charge in [-0.3, -0.25) is 4.79 Å². The summed E-state index contributed by atoms with van der Waals surface area (Å²) in [6, 6.07) is 0. The fourth-order valence-corrected chi connectivity index (χ4v) is 4.69. The van der Waals surface area contributed by atoms with Gasteiger partial charge in [0.05, 0.1) is 0 Å². The molecular weight excluding hydrogens is 347 g/mol. The third-order valence-corrected chi connectivity index (χ3v) is 5.58. The van der Waals surface area contributed by atoms with Crippen molar-refractivity contribution in [3.8, 4) is 0 Å². The van der Waals surface area contributed by atoms with Crippen LogP contribution in [0.15, 0.2) is 10.2 Å². The van der Waals surface area contributed by atoms with Crippen LogP contribution < -0.4 is 0 Å². The third-order valence-electron chi connectivity index (χ3n) is 5.22. The maximum Gasteiger partial charge on any atom is 0.156 e. The Morgan fingerprint density at radius 2 is 1.84 bits per heavy atom. The fraction of sp³-hybridized carbons (Fsp3) is 0.824. The average Bonchev–Trinajstić information content (AvgIpc) is 2.44. The summed E-state index contributed by atoms with van der Waals surface area (Å²) in [5.41, 5.74) is 0. The minimum absolute atomic E-state index is 0.300. The molecule has 0 bridgehead atoms. The highest BCUT2D eigenvalue weighted by molar-refractivity contribution is 14.1. The van der Waals surface area contributed by atoms with E-state index in [1.54, 1.807) is 6.08 Å². The van der Waals surface area contributed by atoms with Crippen molar-refractivity contribution in [1.29, 1.82) is 0 Å². The smallest absolute Gasteiger partial charge is 0.156 e. The van der Waals surface area contributed by atoms with Gasteiger partial charge in [0.15, 0.2) is 5.78 Å². The Kier molecular flexibility index (Phi) is 6.89. The normalized spacial score (nSPS) is 31.3. The molecule has 0 aromatic heterocycles. The van der Waals surface area contributed by atoms with Gasteiger partial charge in [0, 0.05) is 6.42 Å². The quantitative estimate of drug-likeness (QED) is 0.333. The first kappa shape index (κ1) is 15.5. The summed E-state index contributed by atoms with van der Waals surface area (Å²) in [7, 11) is 0. The molecular formula is C17H27IO. The number of allylic oxidation sites excluding steroid dienone is 1. The highest BCUT2D eigenvalue weighted by Gasteiger charge is 2.34. The van der Waals surface area contributed by atoms with Crippen molar-refractivity contribution in [2.45, 2.75) is 70.6 Å². The number of fused-ring (bicyclic) bond motifs is 1. The molecule has 0 amide bonds. The van der Waals surface area contributed by atoms with Gasteiger partial charge in [0.25, 0.3) is 0 Å². The van der Waals surface area contributed by atoms with E-state index in [1.165, 1.54) is 57.8 Å². The maximum absolute atomic E-state index is 11.4. The maximum atomic E-state index is 11.4. The minimum atomic E-state index is 0.300. The van der Waals surface area contributed by atoms with Gasteiger partial charge in [-0.1, -0.05) is 74.0 Å². The number of halogens is 1. The van der Waals surface area contributed by atoms with E-state index < -0.39 is 0 Å². The Balaban J connectivity index is 1.68. The Labute approximate surface area is 131 Å². The van der Waals surface area contributed by atoms with E-state index in [0.29, 0.717) is 5.78 Å². The molecule has 0 aliphatic heterocycles. The van der Waals surface area contributed by atoms with Gasteiger partial charge in [-0.15, -0.1) is 0 Å². The summed E-state index contributed by atoms with van der Waals surface area (Å²) in [6.45, 7) is 0. The van der Waals surface area contributed by atoms with Crippen molar-refractivity contribution >= 4 is 28.4 Å². The first-order valence-electron chi connectivity index (χ1n) is 8.11. The molecule has 3 unspecified atom stereocenters. The molecule has 2 saturated carbocycles. The average molecular weight is 374 g/mol. The third kappa shape index (κ3) is 4.87. The van der Waals surface area contributed by atoms with E-state index in [9.17, 15) is 4.79 Å². The molecule has 0 aromatic carbocycles. The summed E-state index contributed by atoms with van der Waals surface area (Å²) in [4.78, 5) is 11.4. The molecule has 0 spiro atoms. The second kappa shape index (κ2) is 8.43. The number of hydrogen-bond acceptors (Lipinski definition) is 1. The van der Waals surface area contributed by atoms with Crippen molar-refractivity contribution in [3.63, 3.8) is 0 Å². The molecule has 3 atom stereocenters. The molecule has 2 rings (SSSR count). The Morgan fingerprint density at radius 3 is 2.68 bits per heavy atom. The highest BCUT2D eigenvalue weighted by atomic mass is 127. The van der Waals surface area contributed by atoms with Crippen LogP contribution in [0.1, 0.15) is 70.6 Å². The largest absolute Gasteiger partial charge is 0.295 e. The van der Waals surface area contributed by atoms with Crippen LogP contribution in [0.4, 0.5) is 0 Å². The Morgan fingerprint density at radius 1 is 1.05 bits per heavy atom. The van der Waals surface area contributed by atoms with Crippen LogP contribution in [0.5, 0.6) is 0 Å². The van der Waals surface area contributed by atoms with Gasteiger partial charge in [0.2, 0.25) is 0 Å². The highest BCUT2D eigenvalue weighted by Crippen LogP contribution is 2.45. The van der Waals surface area contributed by atoms with E-state index in [-0.39, 0.29) is 0 Å². The Hall–Kier alpha value is 0.140. The van der Waals surface area contributed by atoms with Gasteiger partial charge in [-0.05, 0) is 40.8 Å². The van der Waals surface area contributed by atoms with E-state index in [0.717, 1.165) is 30.6 Å². The molecule has 2 fully saturated rings. The van der Waals surface area contributed by atoms with Crippen molar-refractivity contribution in [3.05, 3.63) is 10.2 Å². The van der Waals surface area contributed by atoms with Crippen LogP contribution in [-0.4, -0.2) is 5.78 Å². The van der Waals surface area contributed by atoms with E-state index >= 15 is 0 Å². The number of hydrogen-bond donors (Lipinski definition) is 0. The van der Waals surface area contributed by atoms with Gasteiger partial charge < -0.3 is 0 Å². The van der Waals surface area contributed by atoms with Crippen LogP contribution in [0.2, 0.25) is 0 Å². The van der Waals surface area contributed by atoms with Crippen molar-refractivity contribution in [1.82, 2.24) is 0 Å². The van der Waals surface area contributed by atoms with Gasteiger partial charge in [-0.25, -0.2) is 0 Å². The van der Waals surface area contributed by atoms with Crippen molar-refractivity contribution in [2.24, 2.45) is 17.8 Å². The molecule has 0 saturated heterocycles. The van der Waals surface area contributed by atoms with Crippen molar-refractivity contribution < 1.29 is 4.79 Å². The molecule has 19 heavy (non-hydrogen) atoms. The number of carbonyl (C=O) groups is 1. The number of ketones is 1. The summed E-state index contributed by atoms with van der Waals surface area (Å²) in [5, 5.41) is 0. The second-order valence-electron chi connectivity index (χ2n) is 6.40. The first-order chi connectivity index (χ1) is 9.31. The SMILES string of the molecule is O=C(/C=C/I)CCCCC1CCCC2CCCCC12. The summed E-state index contributed by atoms with van der Waals surface area (Å²) in [6.07, 6.45) is 16.5. The topological polar surface area (TPSA) is 17.1 Å². The zero-order valence-corrected chi connectivity index (χ0v) is 14.1. The standard InChI is InChI=1S/C17H27IO/c18-13-12-16(19)10-3-1-6-14-8-5-9-15-7-2-4-11-17(14)15/h12-15,17H,1-11H2/b13-12+. The zero-order chi connectivity index (χ0) is 13.5. The molecule has 0 heterocycles. The summed E-state index contributed by atoms with van der Waals surface area (Å²) >= 11 is 2.12. The van der Waals surface area contributed by atoms with E-state index in [2.05, 4.69) is 22.6 Å². The minimum Gasteiger partial charge on any atom is -0.295 e. The molecule has 0 radical (unpaired) electrons. The molecule has 0 aromatic rings. The fourth-order valence-electron chi connectivity index (χ4n) is 4.29. The first-order valence-corrected chi connectivity index (χ1v) is 9.35. The zero-order valence-electron chi connectivity index (χ0n) is 12.0. The summed E-state index contributed by atoms with van der Waals surface area (Å²) < 4.78 is 1.83. The van der Waals surface area contributed by atoms with Crippen LogP contribution in [0, 0.1) is 17.8 Å². The molecule has 1 nitrogen and oxygen atoms in total. The number of carbonyl (C=O) groups excluding carboxylic acids is 1. The van der Waals surface area contributed by atoms with Gasteiger partial charge in [0.1, 0.15) is 0 Å². The van der Waals surface area contributed by atoms with Crippen LogP contribution in [0.3, 0.4) is 0 Å². The van der Waals surface area contributed by atoms with Gasteiger partial charge >= 0.3 is 0 Å². The predicted octanol–water partition coefficient (Wildman–Crippen LogP) is 5.67. The molecule has 0 N–H and O–H groups in total. The molecule has 2 aliphatic rings. The number of rotatable bonds is 6. The summed E-state index contributed by atoms with van der Waals surface area (Å²) in [5.74, 6) is 3.37. The predicted molar refractivity (Wildman–Crippen MR) is 89.4 cm³/mol. The Bertz CT molecular complexity index is 308.